The fourth-order valence-electron chi connectivity index (χ4n) is 2.50. The van der Waals surface area contributed by atoms with Crippen molar-refractivity contribution in [1.82, 2.24) is 9.29 Å². The van der Waals surface area contributed by atoms with Gasteiger partial charge in [-0.1, -0.05) is 0 Å². The minimum Gasteiger partial charge on any atom is -0.465 e. The molecule has 0 saturated heterocycles. The Labute approximate surface area is 131 Å². The summed E-state index contributed by atoms with van der Waals surface area (Å²) in [6.07, 6.45) is 2.91. The molecule has 0 saturated carbocycles. The number of aromatic amines is 1. The van der Waals surface area contributed by atoms with Gasteiger partial charge >= 0.3 is 5.97 Å². The molecule has 23 heavy (non-hydrogen) atoms. The van der Waals surface area contributed by atoms with Gasteiger partial charge in [0.05, 0.1) is 13.4 Å². The van der Waals surface area contributed by atoms with E-state index < -0.39 is 21.4 Å². The Hall–Kier alpha value is -2.39. The van der Waals surface area contributed by atoms with Crippen LogP contribution in [0.1, 0.15) is 21.6 Å². The number of nitrogens with one attached hydrogen (secondary N) is 1. The number of methoxy groups -OCH3 is 1. The second kappa shape index (κ2) is 5.67. The third kappa shape index (κ3) is 2.57. The number of aromatic nitrogens is 1. The highest BCUT2D eigenvalue weighted by atomic mass is 32.2. The smallest absolute Gasteiger partial charge is 0.343 e. The molecule has 9 heteroatoms. The first-order valence-electron chi connectivity index (χ1n) is 6.80. The van der Waals surface area contributed by atoms with Gasteiger partial charge in [-0.05, 0) is 12.1 Å². The largest absolute Gasteiger partial charge is 0.465 e. The number of H-pyrrole nitrogens is 1. The molecule has 0 unspecified atom stereocenters. The maximum absolute atomic E-state index is 12.5. The Morgan fingerprint density at radius 2 is 2.22 bits per heavy atom. The highest BCUT2D eigenvalue weighted by Gasteiger charge is 2.32. The van der Waals surface area contributed by atoms with Gasteiger partial charge in [0, 0.05) is 37.0 Å². The maximum Gasteiger partial charge on any atom is 0.343 e. The first kappa shape index (κ1) is 15.5. The van der Waals surface area contributed by atoms with E-state index in [1.807, 2.05) is 0 Å². The van der Waals surface area contributed by atoms with E-state index in [0.717, 1.165) is 4.31 Å². The van der Waals surface area contributed by atoms with Gasteiger partial charge in [0.15, 0.2) is 0 Å². The van der Waals surface area contributed by atoms with Crippen molar-refractivity contribution in [2.24, 2.45) is 0 Å². The van der Waals surface area contributed by atoms with Crippen molar-refractivity contribution in [3.8, 4) is 0 Å². The summed E-state index contributed by atoms with van der Waals surface area (Å²) < 4.78 is 35.6. The van der Waals surface area contributed by atoms with Crippen molar-refractivity contribution in [1.29, 1.82) is 0 Å². The molecular formula is C14H14N2O6S. The molecule has 1 N–H and O–H groups in total. The summed E-state index contributed by atoms with van der Waals surface area (Å²) in [5, 5.41) is -0.179. The number of rotatable bonds is 3. The lowest BCUT2D eigenvalue weighted by atomic mass is 10.0. The van der Waals surface area contributed by atoms with Gasteiger partial charge in [0.25, 0.3) is 10.0 Å². The van der Waals surface area contributed by atoms with Gasteiger partial charge in [-0.15, -0.1) is 0 Å². The number of carbonyl (C=O) groups excluding carboxylic acids is 1. The number of fused-ring (bicyclic) bond motifs is 1. The predicted molar refractivity (Wildman–Crippen MR) is 78.4 cm³/mol. The van der Waals surface area contributed by atoms with E-state index in [-0.39, 0.29) is 29.3 Å². The zero-order valence-electron chi connectivity index (χ0n) is 12.2. The lowest BCUT2D eigenvalue weighted by molar-refractivity contribution is 0.0598. The van der Waals surface area contributed by atoms with E-state index in [0.29, 0.717) is 12.1 Å². The molecule has 3 rings (SSSR count). The molecule has 1 aliphatic heterocycles. The van der Waals surface area contributed by atoms with Crippen LogP contribution in [0.15, 0.2) is 38.9 Å². The van der Waals surface area contributed by atoms with E-state index in [2.05, 4.69) is 9.72 Å². The number of nitrogens with zero attached hydrogens (tertiary/aromatic N) is 1. The molecule has 122 valence electrons. The third-order valence-corrected chi connectivity index (χ3v) is 5.45. The van der Waals surface area contributed by atoms with Crippen LogP contribution in [0.4, 0.5) is 0 Å². The summed E-state index contributed by atoms with van der Waals surface area (Å²) in [5.41, 5.74) is 0.191. The van der Waals surface area contributed by atoms with Crippen LogP contribution in [0, 0.1) is 0 Å². The van der Waals surface area contributed by atoms with Crippen LogP contribution in [0.3, 0.4) is 0 Å². The summed E-state index contributed by atoms with van der Waals surface area (Å²) in [7, 11) is -2.64. The van der Waals surface area contributed by atoms with Gasteiger partial charge in [0.2, 0.25) is 10.5 Å². The van der Waals surface area contributed by atoms with Gasteiger partial charge in [0.1, 0.15) is 5.56 Å². The minimum absolute atomic E-state index is 0.126. The average molecular weight is 338 g/mol. The monoisotopic (exact) mass is 338 g/mol. The van der Waals surface area contributed by atoms with Gasteiger partial charge in [-0.25, -0.2) is 13.2 Å². The van der Waals surface area contributed by atoms with Crippen LogP contribution in [0.25, 0.3) is 0 Å². The summed E-state index contributed by atoms with van der Waals surface area (Å²) >= 11 is 0. The number of hydrogen-bond acceptors (Lipinski definition) is 6. The molecule has 0 aliphatic carbocycles. The van der Waals surface area contributed by atoms with E-state index in [1.165, 1.54) is 31.7 Å². The zero-order chi connectivity index (χ0) is 16.6. The molecule has 2 aromatic rings. The number of sulfonamides is 1. The van der Waals surface area contributed by atoms with E-state index in [1.54, 1.807) is 0 Å². The summed E-state index contributed by atoms with van der Waals surface area (Å²) in [6, 6.07) is 2.83. The summed E-state index contributed by atoms with van der Waals surface area (Å²) in [4.78, 5) is 26.9. The Morgan fingerprint density at radius 3 is 2.87 bits per heavy atom. The third-order valence-electron chi connectivity index (χ3n) is 3.71. The van der Waals surface area contributed by atoms with E-state index in [9.17, 15) is 18.0 Å². The van der Waals surface area contributed by atoms with Crippen molar-refractivity contribution >= 4 is 16.0 Å². The minimum atomic E-state index is -3.82. The van der Waals surface area contributed by atoms with Crippen molar-refractivity contribution in [2.45, 2.75) is 18.1 Å². The fourth-order valence-corrected chi connectivity index (χ4v) is 3.81. The molecule has 0 atom stereocenters. The van der Waals surface area contributed by atoms with E-state index >= 15 is 0 Å². The number of pyridine rings is 1. The highest BCUT2D eigenvalue weighted by Crippen LogP contribution is 2.22. The molecule has 3 heterocycles. The first-order chi connectivity index (χ1) is 10.9. The molecule has 2 aromatic heterocycles. The molecule has 0 spiro atoms. The number of furan rings is 1. The van der Waals surface area contributed by atoms with Gasteiger partial charge in [-0.3, -0.25) is 4.79 Å². The normalized spacial score (nSPS) is 15.2. The van der Waals surface area contributed by atoms with Crippen molar-refractivity contribution < 1.29 is 22.4 Å². The molecule has 1 aliphatic rings. The molecular weight excluding hydrogens is 324 g/mol. The average Bonchev–Trinajstić information content (AvgIpc) is 3.09. The van der Waals surface area contributed by atoms with Gasteiger partial charge < -0.3 is 14.1 Å². The lowest BCUT2D eigenvalue weighted by Crippen LogP contribution is -2.39. The molecule has 0 amide bonds. The van der Waals surface area contributed by atoms with E-state index in [4.69, 9.17) is 4.42 Å². The molecule has 0 aromatic carbocycles. The molecule has 0 radical (unpaired) electrons. The number of carbonyl (C=O) groups is 1. The van der Waals surface area contributed by atoms with Crippen molar-refractivity contribution in [3.05, 3.63) is 51.6 Å². The maximum atomic E-state index is 12.5. The fraction of sp³-hybridized carbons (Fsp3) is 0.286. The molecule has 0 bridgehead atoms. The Kier molecular flexibility index (Phi) is 3.82. The summed E-state index contributed by atoms with van der Waals surface area (Å²) in [5.74, 6) is -0.764. The Balaban J connectivity index is 2.00. The zero-order valence-corrected chi connectivity index (χ0v) is 13.1. The quantitative estimate of drug-likeness (QED) is 0.816. The number of hydrogen-bond donors (Lipinski definition) is 1. The number of esters is 1. The molecule has 0 fully saturated rings. The SMILES string of the molecule is COC(=O)c1c[nH]c2c(c1=O)CN(S(=O)(=O)c1ccco1)CC2. The van der Waals surface area contributed by atoms with Crippen LogP contribution in [0.5, 0.6) is 0 Å². The van der Waals surface area contributed by atoms with Gasteiger partial charge in [-0.2, -0.15) is 4.31 Å². The van der Waals surface area contributed by atoms with Crippen molar-refractivity contribution in [3.63, 3.8) is 0 Å². The van der Waals surface area contributed by atoms with Crippen LogP contribution in [-0.2, 0) is 27.7 Å². The first-order valence-corrected chi connectivity index (χ1v) is 8.24. The lowest BCUT2D eigenvalue weighted by Gasteiger charge is -2.26. The van der Waals surface area contributed by atoms with Crippen LogP contribution < -0.4 is 5.43 Å². The Bertz CT molecular complexity index is 898. The van der Waals surface area contributed by atoms with Crippen molar-refractivity contribution in [2.75, 3.05) is 13.7 Å². The van der Waals surface area contributed by atoms with Crippen LogP contribution in [-0.4, -0.2) is 37.3 Å². The second-order valence-electron chi connectivity index (χ2n) is 5.00. The summed E-state index contributed by atoms with van der Waals surface area (Å²) in [6.45, 7) is 0.0854. The topological polar surface area (TPSA) is 110 Å². The highest BCUT2D eigenvalue weighted by molar-refractivity contribution is 7.89. The number of ether oxygens (including phenoxy) is 1. The standard InChI is InChI=1S/C14H14N2O6S/c1-21-14(18)9-7-15-11-4-5-16(8-10(11)13(9)17)23(19,20)12-3-2-6-22-12/h2-3,6-7H,4-5,8H2,1H3,(H,15,17). The van der Waals surface area contributed by atoms with Crippen LogP contribution >= 0.6 is 0 Å². The molecule has 8 nitrogen and oxygen atoms in total. The Morgan fingerprint density at radius 1 is 1.43 bits per heavy atom. The van der Waals surface area contributed by atoms with Crippen LogP contribution in [0.2, 0.25) is 0 Å². The predicted octanol–water partition coefficient (Wildman–Crippen LogP) is 0.501. The second-order valence-corrected chi connectivity index (χ2v) is 6.87.